The molecule has 13 heteroatoms. The average Bonchev–Trinajstić information content (AvgIpc) is 3.38. The standard InChI is InChI=1S/C25H35N5O7S/c1-5-18(20(31)22-28-29-23(37-22)25(2,3)4)26-21(32)19(27-24(33)30-11-13-36-14-12-30)16-38(34,35)15-17-9-7-6-8-10-17/h6-10,18-19H,5,11-16H2,1-4H3,(H,26,32)(H,27,33)/t18-,19+/m1/s1. The Labute approximate surface area is 222 Å². The van der Waals surface area contributed by atoms with Gasteiger partial charge in [-0.25, -0.2) is 13.2 Å². The molecule has 0 saturated carbocycles. The van der Waals surface area contributed by atoms with Crippen molar-refractivity contribution in [2.45, 2.75) is 57.4 Å². The third kappa shape index (κ3) is 8.09. The van der Waals surface area contributed by atoms with Crippen LogP contribution in [-0.2, 0) is 30.5 Å². The monoisotopic (exact) mass is 549 g/mol. The number of nitrogens with one attached hydrogen (secondary N) is 2. The molecule has 0 bridgehead atoms. The van der Waals surface area contributed by atoms with Gasteiger partial charge in [0.15, 0.2) is 9.84 Å². The molecule has 0 radical (unpaired) electrons. The van der Waals surface area contributed by atoms with Gasteiger partial charge in [-0.1, -0.05) is 58.0 Å². The number of ketones is 1. The van der Waals surface area contributed by atoms with Crippen molar-refractivity contribution >= 4 is 27.6 Å². The molecule has 1 aliphatic heterocycles. The molecule has 1 saturated heterocycles. The molecule has 0 unspecified atom stereocenters. The van der Waals surface area contributed by atoms with E-state index in [-0.39, 0.29) is 24.0 Å². The second-order valence-electron chi connectivity index (χ2n) is 10.1. The normalized spacial score (nSPS) is 15.9. The molecule has 0 aliphatic carbocycles. The lowest BCUT2D eigenvalue weighted by atomic mass is 9.97. The molecular weight excluding hydrogens is 514 g/mol. The van der Waals surface area contributed by atoms with Crippen LogP contribution in [0.5, 0.6) is 0 Å². The number of rotatable bonds is 10. The Hall–Kier alpha value is -3.32. The van der Waals surface area contributed by atoms with Gasteiger partial charge in [0.2, 0.25) is 17.6 Å². The van der Waals surface area contributed by atoms with Crippen molar-refractivity contribution in [3.63, 3.8) is 0 Å². The Morgan fingerprint density at radius 1 is 1.03 bits per heavy atom. The van der Waals surface area contributed by atoms with E-state index in [1.54, 1.807) is 37.3 Å². The number of nitrogens with zero attached hydrogens (tertiary/aromatic N) is 3. The van der Waals surface area contributed by atoms with Crippen LogP contribution in [-0.4, -0.2) is 85.4 Å². The summed E-state index contributed by atoms with van der Waals surface area (Å²) in [6.07, 6.45) is 0.179. The van der Waals surface area contributed by atoms with Gasteiger partial charge in [-0.3, -0.25) is 9.59 Å². The first kappa shape index (κ1) is 29.2. The third-order valence-electron chi connectivity index (χ3n) is 5.88. The predicted molar refractivity (Wildman–Crippen MR) is 138 cm³/mol. The van der Waals surface area contributed by atoms with Crippen molar-refractivity contribution in [2.75, 3.05) is 32.1 Å². The first-order valence-corrected chi connectivity index (χ1v) is 14.3. The number of ether oxygens (including phenoxy) is 1. The lowest BCUT2D eigenvalue weighted by Crippen LogP contribution is -2.57. The van der Waals surface area contributed by atoms with Crippen molar-refractivity contribution < 1.29 is 32.0 Å². The Kier molecular flexibility index (Phi) is 9.60. The summed E-state index contributed by atoms with van der Waals surface area (Å²) < 4.78 is 36.8. The van der Waals surface area contributed by atoms with Crippen molar-refractivity contribution in [3.8, 4) is 0 Å². The quantitative estimate of drug-likeness (QED) is 0.418. The van der Waals surface area contributed by atoms with Gasteiger partial charge in [-0.2, -0.15) is 0 Å². The maximum Gasteiger partial charge on any atom is 0.318 e. The smallest absolute Gasteiger partial charge is 0.318 e. The molecule has 12 nitrogen and oxygen atoms in total. The number of amides is 3. The van der Waals surface area contributed by atoms with Crippen LogP contribution in [0.4, 0.5) is 4.79 Å². The van der Waals surface area contributed by atoms with E-state index in [1.165, 1.54) is 4.90 Å². The van der Waals surface area contributed by atoms with Crippen LogP contribution in [0.1, 0.15) is 56.3 Å². The number of hydrogen-bond acceptors (Lipinski definition) is 9. The van der Waals surface area contributed by atoms with E-state index in [0.717, 1.165) is 0 Å². The fourth-order valence-corrected chi connectivity index (χ4v) is 5.29. The van der Waals surface area contributed by atoms with Crippen LogP contribution in [0.25, 0.3) is 0 Å². The van der Waals surface area contributed by atoms with Crippen LogP contribution in [0.15, 0.2) is 34.7 Å². The van der Waals surface area contributed by atoms with Crippen LogP contribution < -0.4 is 10.6 Å². The van der Waals surface area contributed by atoms with Crippen molar-refractivity contribution in [2.24, 2.45) is 0 Å². The van der Waals surface area contributed by atoms with Crippen LogP contribution >= 0.6 is 0 Å². The summed E-state index contributed by atoms with van der Waals surface area (Å²) in [5, 5.41) is 12.8. The topological polar surface area (TPSA) is 161 Å². The van der Waals surface area contributed by atoms with Gasteiger partial charge >= 0.3 is 6.03 Å². The Bertz CT molecular complexity index is 1220. The number of morpholine rings is 1. The maximum atomic E-state index is 13.3. The molecule has 3 amide bonds. The van der Waals surface area contributed by atoms with Gasteiger partial charge in [0.05, 0.1) is 30.8 Å². The zero-order chi connectivity index (χ0) is 27.9. The number of urea groups is 1. The number of aromatic nitrogens is 2. The number of carbonyl (C=O) groups is 3. The number of benzene rings is 1. The molecule has 2 atom stereocenters. The second-order valence-corrected chi connectivity index (χ2v) is 12.2. The molecule has 2 aromatic rings. The first-order valence-electron chi connectivity index (χ1n) is 12.5. The molecule has 1 fully saturated rings. The first-order chi connectivity index (χ1) is 17.9. The predicted octanol–water partition coefficient (Wildman–Crippen LogP) is 1.47. The Balaban J connectivity index is 1.78. The highest BCUT2D eigenvalue weighted by molar-refractivity contribution is 7.90. The lowest BCUT2D eigenvalue weighted by molar-refractivity contribution is -0.123. The van der Waals surface area contributed by atoms with Gasteiger partial charge in [0.1, 0.15) is 6.04 Å². The molecule has 1 aromatic carbocycles. The van der Waals surface area contributed by atoms with Crippen LogP contribution in [0.3, 0.4) is 0 Å². The molecule has 2 heterocycles. The van der Waals surface area contributed by atoms with Gasteiger partial charge in [0, 0.05) is 18.5 Å². The third-order valence-corrected chi connectivity index (χ3v) is 7.50. The van der Waals surface area contributed by atoms with E-state index in [2.05, 4.69) is 20.8 Å². The van der Waals surface area contributed by atoms with Gasteiger partial charge in [-0.05, 0) is 12.0 Å². The molecule has 208 valence electrons. The van der Waals surface area contributed by atoms with E-state index in [9.17, 15) is 22.8 Å². The summed E-state index contributed by atoms with van der Waals surface area (Å²) in [4.78, 5) is 40.6. The molecule has 3 rings (SSSR count). The molecule has 38 heavy (non-hydrogen) atoms. The van der Waals surface area contributed by atoms with E-state index >= 15 is 0 Å². The van der Waals surface area contributed by atoms with Gasteiger partial charge in [0.25, 0.3) is 5.89 Å². The number of Topliss-reactive ketones (excluding diaryl/α,β-unsaturated/α-hetero) is 1. The summed E-state index contributed by atoms with van der Waals surface area (Å²) in [6.45, 7) is 8.52. The van der Waals surface area contributed by atoms with Crippen LogP contribution in [0, 0.1) is 0 Å². The summed E-state index contributed by atoms with van der Waals surface area (Å²) in [7, 11) is -3.83. The minimum atomic E-state index is -3.83. The van der Waals surface area contributed by atoms with Crippen molar-refractivity contribution in [1.82, 2.24) is 25.7 Å². The van der Waals surface area contributed by atoms with Crippen molar-refractivity contribution in [3.05, 3.63) is 47.7 Å². The van der Waals surface area contributed by atoms with E-state index < -0.39 is 50.8 Å². The SMILES string of the molecule is CC[C@@H](NC(=O)[C@H](CS(=O)(=O)Cc1ccccc1)NC(=O)N1CCOCC1)C(=O)c1nnc(C(C)(C)C)o1. The largest absolute Gasteiger partial charge is 0.418 e. The molecular formula is C25H35N5O7S. The van der Waals surface area contributed by atoms with E-state index in [1.807, 2.05) is 20.8 Å². The summed E-state index contributed by atoms with van der Waals surface area (Å²) >= 11 is 0. The average molecular weight is 550 g/mol. The zero-order valence-electron chi connectivity index (χ0n) is 22.1. The Morgan fingerprint density at radius 3 is 2.26 bits per heavy atom. The summed E-state index contributed by atoms with van der Waals surface area (Å²) in [5.41, 5.74) is 0.0807. The molecule has 2 N–H and O–H groups in total. The Morgan fingerprint density at radius 2 is 1.68 bits per heavy atom. The van der Waals surface area contributed by atoms with Crippen LogP contribution in [0.2, 0.25) is 0 Å². The highest BCUT2D eigenvalue weighted by atomic mass is 32.2. The molecule has 0 spiro atoms. The minimum absolute atomic E-state index is 0.179. The number of carbonyl (C=O) groups excluding carboxylic acids is 3. The zero-order valence-corrected chi connectivity index (χ0v) is 22.9. The summed E-state index contributed by atoms with van der Waals surface area (Å²) in [6, 6.07) is 5.45. The number of sulfone groups is 1. The highest BCUT2D eigenvalue weighted by Gasteiger charge is 2.34. The lowest BCUT2D eigenvalue weighted by Gasteiger charge is -2.29. The molecule has 1 aliphatic rings. The molecule has 1 aromatic heterocycles. The highest BCUT2D eigenvalue weighted by Crippen LogP contribution is 2.21. The van der Waals surface area contributed by atoms with Gasteiger partial charge < -0.3 is 24.7 Å². The fraction of sp³-hybridized carbons (Fsp3) is 0.560. The maximum absolute atomic E-state index is 13.3. The number of hydrogen-bond donors (Lipinski definition) is 2. The van der Waals surface area contributed by atoms with Crippen molar-refractivity contribution in [1.29, 1.82) is 0 Å². The van der Waals surface area contributed by atoms with E-state index in [4.69, 9.17) is 9.15 Å². The second kappa shape index (κ2) is 12.5. The fourth-order valence-electron chi connectivity index (χ4n) is 3.73. The van der Waals surface area contributed by atoms with Gasteiger partial charge in [-0.15, -0.1) is 10.2 Å². The van der Waals surface area contributed by atoms with E-state index in [0.29, 0.717) is 31.9 Å². The summed E-state index contributed by atoms with van der Waals surface area (Å²) in [5.74, 6) is -2.35. The minimum Gasteiger partial charge on any atom is -0.418 e.